The minimum absolute atomic E-state index is 0.339. The first-order valence-corrected chi connectivity index (χ1v) is 10.2. The van der Waals surface area contributed by atoms with Crippen LogP contribution in [0.4, 0.5) is 4.79 Å². The number of benzene rings is 3. The first-order valence-electron chi connectivity index (χ1n) is 8.98. The summed E-state index contributed by atoms with van der Waals surface area (Å²) in [6, 6.07) is 22.8. The van der Waals surface area contributed by atoms with Crippen LogP contribution in [0.3, 0.4) is 0 Å². The first-order chi connectivity index (χ1) is 14.4. The van der Waals surface area contributed by atoms with Crippen molar-refractivity contribution < 1.29 is 24.2 Å². The molecular formula is C23H17ClO5S. The van der Waals surface area contributed by atoms with Crippen molar-refractivity contribution in [3.05, 3.63) is 89.4 Å². The molecule has 0 bridgehead atoms. The molecule has 3 aromatic carbocycles. The lowest BCUT2D eigenvalue weighted by Crippen LogP contribution is -2.28. The Labute approximate surface area is 182 Å². The molecule has 1 atom stereocenters. The Morgan fingerprint density at radius 1 is 0.867 bits per heavy atom. The summed E-state index contributed by atoms with van der Waals surface area (Å²) in [5, 5.41) is 9.20. The minimum atomic E-state index is -1.56. The quantitative estimate of drug-likeness (QED) is 0.277. The van der Waals surface area contributed by atoms with Gasteiger partial charge in [-0.3, -0.25) is 4.79 Å². The third-order valence-corrected chi connectivity index (χ3v) is 5.24. The fourth-order valence-electron chi connectivity index (χ4n) is 2.68. The maximum atomic E-state index is 12.5. The van der Waals surface area contributed by atoms with E-state index in [1.807, 2.05) is 12.1 Å². The normalized spacial score (nSPS) is 11.5. The molecule has 0 saturated carbocycles. The first kappa shape index (κ1) is 21.6. The van der Waals surface area contributed by atoms with Gasteiger partial charge in [-0.25, -0.2) is 9.59 Å². The molecule has 0 unspecified atom stereocenters. The Morgan fingerprint density at radius 3 is 2.00 bits per heavy atom. The number of carbonyl (C=O) groups is 3. The summed E-state index contributed by atoms with van der Waals surface area (Å²) < 4.78 is 5.00. The van der Waals surface area contributed by atoms with Gasteiger partial charge in [0.05, 0.1) is 6.42 Å². The highest BCUT2D eigenvalue weighted by molar-refractivity contribution is 8.13. The van der Waals surface area contributed by atoms with E-state index in [4.69, 9.17) is 16.3 Å². The summed E-state index contributed by atoms with van der Waals surface area (Å²) in [4.78, 5) is 36.6. The van der Waals surface area contributed by atoms with Crippen molar-refractivity contribution in [3.8, 4) is 11.1 Å². The van der Waals surface area contributed by atoms with Gasteiger partial charge in [0, 0.05) is 15.5 Å². The number of halogens is 1. The lowest BCUT2D eigenvalue weighted by atomic mass is 10.0. The largest absolute Gasteiger partial charge is 0.478 e. The van der Waals surface area contributed by atoms with Crippen LogP contribution < -0.4 is 0 Å². The second kappa shape index (κ2) is 10.1. The van der Waals surface area contributed by atoms with Crippen LogP contribution >= 0.6 is 23.4 Å². The van der Waals surface area contributed by atoms with Crippen molar-refractivity contribution in [1.29, 1.82) is 0 Å². The number of carboxylic acids is 1. The number of Topliss-reactive ketones (excluding diaryl/α,β-unsaturated/α-hetero) is 1. The standard InChI is InChI=1S/C23H17ClO5S/c24-18-12-10-16(11-13-18)15-6-8-17(9-7-15)20(25)14-21(22(26)27)29-23(28)30-19-4-2-1-3-5-19/h1-13,21H,14H2,(H,26,27)/t21-/m0/s1. The van der Waals surface area contributed by atoms with Crippen molar-refractivity contribution in [2.24, 2.45) is 0 Å². The van der Waals surface area contributed by atoms with Crippen LogP contribution in [0.1, 0.15) is 16.8 Å². The minimum Gasteiger partial charge on any atom is -0.478 e. The fraction of sp³-hybridized carbons (Fsp3) is 0.0870. The van der Waals surface area contributed by atoms with Gasteiger partial charge in [-0.15, -0.1) is 0 Å². The van der Waals surface area contributed by atoms with E-state index in [9.17, 15) is 19.5 Å². The number of hydrogen-bond donors (Lipinski definition) is 1. The highest BCUT2D eigenvalue weighted by atomic mass is 35.5. The zero-order chi connectivity index (χ0) is 21.5. The predicted octanol–water partition coefficient (Wildman–Crippen LogP) is 5.96. The molecule has 0 aromatic heterocycles. The molecule has 0 fully saturated rings. The number of carbonyl (C=O) groups excluding carboxylic acids is 2. The Hall–Kier alpha value is -3.09. The van der Waals surface area contributed by atoms with E-state index in [-0.39, 0.29) is 0 Å². The zero-order valence-corrected chi connectivity index (χ0v) is 17.2. The van der Waals surface area contributed by atoms with Crippen LogP contribution in [0.5, 0.6) is 0 Å². The van der Waals surface area contributed by atoms with Crippen LogP contribution in [0.2, 0.25) is 5.02 Å². The van der Waals surface area contributed by atoms with Gasteiger partial charge in [0.1, 0.15) is 0 Å². The van der Waals surface area contributed by atoms with Gasteiger partial charge < -0.3 is 9.84 Å². The molecule has 0 spiro atoms. The summed E-state index contributed by atoms with van der Waals surface area (Å²) in [6.45, 7) is 0. The van der Waals surface area contributed by atoms with E-state index in [2.05, 4.69) is 0 Å². The van der Waals surface area contributed by atoms with Crippen LogP contribution in [0.15, 0.2) is 83.8 Å². The molecule has 0 heterocycles. The van der Waals surface area contributed by atoms with E-state index in [0.29, 0.717) is 15.5 Å². The Bertz CT molecular complexity index is 1030. The highest BCUT2D eigenvalue weighted by Gasteiger charge is 2.26. The van der Waals surface area contributed by atoms with Gasteiger partial charge in [0.25, 0.3) is 0 Å². The maximum Gasteiger partial charge on any atom is 0.373 e. The van der Waals surface area contributed by atoms with Crippen molar-refractivity contribution >= 4 is 40.4 Å². The van der Waals surface area contributed by atoms with Crippen LogP contribution in [-0.2, 0) is 9.53 Å². The zero-order valence-electron chi connectivity index (χ0n) is 15.7. The van der Waals surface area contributed by atoms with Gasteiger partial charge in [0.2, 0.25) is 6.10 Å². The molecule has 0 saturated heterocycles. The number of thioether (sulfide) groups is 1. The lowest BCUT2D eigenvalue weighted by molar-refractivity contribution is -0.146. The number of ether oxygens (including phenoxy) is 1. The van der Waals surface area contributed by atoms with E-state index in [0.717, 1.165) is 22.9 Å². The van der Waals surface area contributed by atoms with Crippen molar-refractivity contribution in [3.63, 3.8) is 0 Å². The molecule has 0 aliphatic heterocycles. The van der Waals surface area contributed by atoms with Gasteiger partial charge in [-0.2, -0.15) is 0 Å². The molecule has 0 aliphatic carbocycles. The average Bonchev–Trinajstić information content (AvgIpc) is 2.74. The van der Waals surface area contributed by atoms with E-state index in [1.165, 1.54) is 0 Å². The number of aliphatic carboxylic acids is 1. The average molecular weight is 441 g/mol. The third-order valence-electron chi connectivity index (χ3n) is 4.21. The lowest BCUT2D eigenvalue weighted by Gasteiger charge is -2.13. The van der Waals surface area contributed by atoms with E-state index in [1.54, 1.807) is 66.7 Å². The maximum absolute atomic E-state index is 12.5. The summed E-state index contributed by atoms with van der Waals surface area (Å²) in [7, 11) is 0. The number of carboxylic acid groups (broad SMARTS) is 1. The van der Waals surface area contributed by atoms with Crippen molar-refractivity contribution in [1.82, 2.24) is 0 Å². The number of ketones is 1. The smallest absolute Gasteiger partial charge is 0.373 e. The summed E-state index contributed by atoms with van der Waals surface area (Å²) in [6.07, 6.45) is -2.01. The summed E-state index contributed by atoms with van der Waals surface area (Å²) in [5.74, 6) is -1.80. The molecule has 0 aliphatic rings. The van der Waals surface area contributed by atoms with E-state index < -0.39 is 29.6 Å². The molecule has 3 aromatic rings. The van der Waals surface area contributed by atoms with Gasteiger partial charge >= 0.3 is 11.3 Å². The second-order valence-corrected chi connectivity index (χ2v) is 7.77. The SMILES string of the molecule is O=C(O[C@@H](CC(=O)c1ccc(-c2ccc(Cl)cc2)cc1)C(=O)O)Sc1ccccc1. The van der Waals surface area contributed by atoms with Gasteiger partial charge in [0.15, 0.2) is 5.78 Å². The molecule has 5 nitrogen and oxygen atoms in total. The molecule has 0 radical (unpaired) electrons. The predicted molar refractivity (Wildman–Crippen MR) is 116 cm³/mol. The molecule has 3 rings (SSSR count). The molecule has 7 heteroatoms. The molecular weight excluding hydrogens is 424 g/mol. The van der Waals surface area contributed by atoms with Gasteiger partial charge in [-0.1, -0.05) is 66.2 Å². The topological polar surface area (TPSA) is 80.7 Å². The Kier molecular flexibility index (Phi) is 7.27. The Balaban J connectivity index is 1.63. The van der Waals surface area contributed by atoms with Crippen LogP contribution in [0.25, 0.3) is 11.1 Å². The summed E-state index contributed by atoms with van der Waals surface area (Å²) >= 11 is 6.66. The number of rotatable bonds is 7. The van der Waals surface area contributed by atoms with Crippen molar-refractivity contribution in [2.45, 2.75) is 17.4 Å². The molecule has 0 amide bonds. The van der Waals surface area contributed by atoms with Gasteiger partial charge in [-0.05, 0) is 47.2 Å². The molecule has 152 valence electrons. The highest BCUT2D eigenvalue weighted by Crippen LogP contribution is 2.24. The third kappa shape index (κ3) is 5.95. The van der Waals surface area contributed by atoms with Crippen LogP contribution in [0, 0.1) is 0 Å². The monoisotopic (exact) mass is 440 g/mol. The fourth-order valence-corrected chi connectivity index (χ4v) is 3.46. The molecule has 30 heavy (non-hydrogen) atoms. The second-order valence-electron chi connectivity index (χ2n) is 6.32. The Morgan fingerprint density at radius 2 is 1.43 bits per heavy atom. The van der Waals surface area contributed by atoms with Crippen LogP contribution in [-0.4, -0.2) is 28.3 Å². The van der Waals surface area contributed by atoms with E-state index >= 15 is 0 Å². The molecule has 1 N–H and O–H groups in total. The van der Waals surface area contributed by atoms with Crippen molar-refractivity contribution in [2.75, 3.05) is 0 Å². The summed E-state index contributed by atoms with van der Waals surface area (Å²) in [5.41, 5.74) is 2.17. The number of hydrogen-bond acceptors (Lipinski definition) is 5.